The fourth-order valence-corrected chi connectivity index (χ4v) is 2.30. The molecule has 1 aromatic rings. The van der Waals surface area contributed by atoms with Gasteiger partial charge >= 0.3 is 0 Å². The number of methoxy groups -OCH3 is 1. The fraction of sp³-hybridized carbons (Fsp3) is 0.474. The predicted octanol–water partition coefficient (Wildman–Crippen LogP) is 3.74. The third-order valence-electron chi connectivity index (χ3n) is 3.24. The summed E-state index contributed by atoms with van der Waals surface area (Å²) in [6.45, 7) is 9.58. The van der Waals surface area contributed by atoms with E-state index in [1.54, 1.807) is 18.1 Å². The first-order valence-corrected chi connectivity index (χ1v) is 7.92. The summed E-state index contributed by atoms with van der Waals surface area (Å²) in [5, 5.41) is 9.39. The lowest BCUT2D eigenvalue weighted by Gasteiger charge is -2.26. The Morgan fingerprint density at radius 1 is 1.17 bits per heavy atom. The van der Waals surface area contributed by atoms with Crippen LogP contribution in [-0.4, -0.2) is 31.0 Å². The molecule has 4 nitrogen and oxygen atoms in total. The average Bonchev–Trinajstić information content (AvgIpc) is 2.51. The maximum absolute atomic E-state index is 12.7. The highest BCUT2D eigenvalue weighted by atomic mass is 16.5. The van der Waals surface area contributed by atoms with E-state index >= 15 is 0 Å². The van der Waals surface area contributed by atoms with Gasteiger partial charge in [0.15, 0.2) is 0 Å². The molecule has 0 saturated heterocycles. The van der Waals surface area contributed by atoms with Crippen LogP contribution in [0.15, 0.2) is 29.8 Å². The molecule has 0 bridgehead atoms. The van der Waals surface area contributed by atoms with Crippen LogP contribution in [0.2, 0.25) is 0 Å². The van der Waals surface area contributed by atoms with Gasteiger partial charge in [0.2, 0.25) is 0 Å². The SMILES string of the molecule is COc1ccc(C=C(C#N)C(=O)N(CC(C)C)CC(C)C)cc1. The molecule has 0 aliphatic rings. The minimum atomic E-state index is -0.203. The molecule has 0 heterocycles. The highest BCUT2D eigenvalue weighted by molar-refractivity contribution is 6.01. The van der Waals surface area contributed by atoms with Crippen molar-refractivity contribution in [3.63, 3.8) is 0 Å². The van der Waals surface area contributed by atoms with Crippen molar-refractivity contribution in [3.05, 3.63) is 35.4 Å². The second-order valence-electron chi connectivity index (χ2n) is 6.44. The summed E-state index contributed by atoms with van der Waals surface area (Å²) >= 11 is 0. The summed E-state index contributed by atoms with van der Waals surface area (Å²) in [6.07, 6.45) is 1.63. The van der Waals surface area contributed by atoms with Crippen molar-refractivity contribution >= 4 is 12.0 Å². The van der Waals surface area contributed by atoms with E-state index in [4.69, 9.17) is 4.74 Å². The van der Waals surface area contributed by atoms with Crippen LogP contribution in [0.1, 0.15) is 33.3 Å². The van der Waals surface area contributed by atoms with Gasteiger partial charge in [-0.3, -0.25) is 4.79 Å². The van der Waals surface area contributed by atoms with E-state index in [0.717, 1.165) is 11.3 Å². The zero-order valence-corrected chi connectivity index (χ0v) is 14.7. The van der Waals surface area contributed by atoms with Gasteiger partial charge in [0.05, 0.1) is 7.11 Å². The summed E-state index contributed by atoms with van der Waals surface area (Å²) in [5.41, 5.74) is 0.973. The number of carbonyl (C=O) groups excluding carboxylic acids is 1. The first-order valence-electron chi connectivity index (χ1n) is 7.92. The Bertz CT molecular complexity index is 570. The van der Waals surface area contributed by atoms with E-state index in [0.29, 0.717) is 24.9 Å². The topological polar surface area (TPSA) is 53.3 Å². The largest absolute Gasteiger partial charge is 0.497 e. The van der Waals surface area contributed by atoms with Crippen LogP contribution in [0.4, 0.5) is 0 Å². The normalized spacial score (nSPS) is 11.5. The zero-order valence-electron chi connectivity index (χ0n) is 14.7. The summed E-state index contributed by atoms with van der Waals surface area (Å²) in [6, 6.07) is 9.33. The minimum Gasteiger partial charge on any atom is -0.497 e. The zero-order chi connectivity index (χ0) is 17.4. The monoisotopic (exact) mass is 314 g/mol. The van der Waals surface area contributed by atoms with Crippen LogP contribution in [-0.2, 0) is 4.79 Å². The Balaban J connectivity index is 3.01. The molecule has 0 N–H and O–H groups in total. The van der Waals surface area contributed by atoms with Crippen molar-refractivity contribution in [3.8, 4) is 11.8 Å². The van der Waals surface area contributed by atoms with Gasteiger partial charge in [-0.15, -0.1) is 0 Å². The second kappa shape index (κ2) is 8.99. The molecule has 0 aliphatic heterocycles. The third-order valence-corrected chi connectivity index (χ3v) is 3.24. The highest BCUT2D eigenvalue weighted by Gasteiger charge is 2.20. The number of hydrogen-bond donors (Lipinski definition) is 0. The summed E-state index contributed by atoms with van der Waals surface area (Å²) < 4.78 is 5.11. The molecule has 0 unspecified atom stereocenters. The highest BCUT2D eigenvalue weighted by Crippen LogP contribution is 2.16. The molecule has 4 heteroatoms. The van der Waals surface area contributed by atoms with Crippen LogP contribution in [0.3, 0.4) is 0 Å². The van der Waals surface area contributed by atoms with Gasteiger partial charge in [-0.05, 0) is 35.6 Å². The summed E-state index contributed by atoms with van der Waals surface area (Å²) in [7, 11) is 1.60. The molecule has 124 valence electrons. The summed E-state index contributed by atoms with van der Waals surface area (Å²) in [4.78, 5) is 14.5. The van der Waals surface area contributed by atoms with Gasteiger partial charge in [-0.25, -0.2) is 0 Å². The van der Waals surface area contributed by atoms with E-state index in [2.05, 4.69) is 27.7 Å². The van der Waals surface area contributed by atoms with Gasteiger partial charge in [-0.2, -0.15) is 5.26 Å². The lowest BCUT2D eigenvalue weighted by molar-refractivity contribution is -0.127. The second-order valence-corrected chi connectivity index (χ2v) is 6.44. The molecule has 1 rings (SSSR count). The molecule has 0 aliphatic carbocycles. The van der Waals surface area contributed by atoms with Crippen molar-refractivity contribution in [1.29, 1.82) is 5.26 Å². The van der Waals surface area contributed by atoms with Crippen molar-refractivity contribution in [2.24, 2.45) is 11.8 Å². The number of nitrogens with zero attached hydrogens (tertiary/aromatic N) is 2. The van der Waals surface area contributed by atoms with Crippen molar-refractivity contribution in [2.45, 2.75) is 27.7 Å². The lowest BCUT2D eigenvalue weighted by atomic mass is 10.1. The quantitative estimate of drug-likeness (QED) is 0.569. The maximum Gasteiger partial charge on any atom is 0.264 e. The molecule has 0 aromatic heterocycles. The molecule has 0 atom stereocenters. The molecule has 1 aromatic carbocycles. The lowest BCUT2D eigenvalue weighted by Crippen LogP contribution is -2.37. The summed E-state index contributed by atoms with van der Waals surface area (Å²) in [5.74, 6) is 1.26. The number of carbonyl (C=O) groups is 1. The first-order chi connectivity index (χ1) is 10.9. The van der Waals surface area contributed by atoms with Crippen LogP contribution >= 0.6 is 0 Å². The van der Waals surface area contributed by atoms with Crippen LogP contribution < -0.4 is 4.74 Å². The average molecular weight is 314 g/mol. The molecule has 0 fully saturated rings. The van der Waals surface area contributed by atoms with Gasteiger partial charge in [0.1, 0.15) is 17.4 Å². The van der Waals surface area contributed by atoms with E-state index in [1.807, 2.05) is 30.3 Å². The standard InChI is InChI=1S/C19H26N2O2/c1-14(2)12-21(13-15(3)4)19(22)17(11-20)10-16-6-8-18(23-5)9-7-16/h6-10,14-15H,12-13H2,1-5H3. The Hall–Kier alpha value is -2.28. The Labute approximate surface area is 139 Å². The Morgan fingerprint density at radius 2 is 1.70 bits per heavy atom. The third kappa shape index (κ3) is 6.15. The number of amides is 1. The maximum atomic E-state index is 12.7. The van der Waals surface area contributed by atoms with E-state index in [1.165, 1.54) is 0 Å². The van der Waals surface area contributed by atoms with Gasteiger partial charge in [-0.1, -0.05) is 39.8 Å². The smallest absolute Gasteiger partial charge is 0.264 e. The van der Waals surface area contributed by atoms with Gasteiger partial charge < -0.3 is 9.64 Å². The Kier molecular flexibility index (Phi) is 7.34. The minimum absolute atomic E-state index is 0.163. The molecule has 0 spiro atoms. The van der Waals surface area contributed by atoms with Crippen LogP contribution in [0, 0.1) is 23.2 Å². The molecular formula is C19H26N2O2. The fourth-order valence-electron chi connectivity index (χ4n) is 2.30. The predicted molar refractivity (Wildman–Crippen MR) is 92.8 cm³/mol. The van der Waals surface area contributed by atoms with Crippen molar-refractivity contribution in [1.82, 2.24) is 4.90 Å². The Morgan fingerprint density at radius 3 is 2.09 bits per heavy atom. The number of nitriles is 1. The molecule has 0 radical (unpaired) electrons. The molecular weight excluding hydrogens is 288 g/mol. The molecule has 1 amide bonds. The van der Waals surface area contributed by atoms with E-state index in [9.17, 15) is 10.1 Å². The van der Waals surface area contributed by atoms with Crippen LogP contribution in [0.5, 0.6) is 5.75 Å². The molecule has 0 saturated carbocycles. The van der Waals surface area contributed by atoms with Crippen molar-refractivity contribution in [2.75, 3.05) is 20.2 Å². The number of ether oxygens (including phenoxy) is 1. The van der Waals surface area contributed by atoms with Crippen LogP contribution in [0.25, 0.3) is 6.08 Å². The van der Waals surface area contributed by atoms with Gasteiger partial charge in [0, 0.05) is 13.1 Å². The van der Waals surface area contributed by atoms with Gasteiger partial charge in [0.25, 0.3) is 5.91 Å². The molecule has 23 heavy (non-hydrogen) atoms. The number of benzene rings is 1. The number of rotatable bonds is 7. The number of hydrogen-bond acceptors (Lipinski definition) is 3. The van der Waals surface area contributed by atoms with E-state index in [-0.39, 0.29) is 11.5 Å². The van der Waals surface area contributed by atoms with E-state index < -0.39 is 0 Å². The first kappa shape index (κ1) is 18.8. The van der Waals surface area contributed by atoms with Crippen molar-refractivity contribution < 1.29 is 9.53 Å².